The number of rotatable bonds is 7. The third-order valence-electron chi connectivity index (χ3n) is 6.19. The first-order valence-electron chi connectivity index (χ1n) is 12.9. The number of amides is 1. The minimum absolute atomic E-state index is 0.0594. The van der Waals surface area contributed by atoms with Gasteiger partial charge in [0.2, 0.25) is 5.91 Å². The summed E-state index contributed by atoms with van der Waals surface area (Å²) in [5, 5.41) is 17.2. The summed E-state index contributed by atoms with van der Waals surface area (Å²) in [6.45, 7) is 8.63. The fourth-order valence-electron chi connectivity index (χ4n) is 3.66. The summed E-state index contributed by atoms with van der Waals surface area (Å²) in [5.41, 5.74) is 3.17. The van der Waals surface area contributed by atoms with E-state index in [9.17, 15) is 4.79 Å². The average molecular weight is 465 g/mol. The Hall–Kier alpha value is -2.73. The Kier molecular flexibility index (Phi) is 9.63. The molecule has 0 saturated heterocycles. The van der Waals surface area contributed by atoms with Crippen LogP contribution in [0, 0.1) is 11.8 Å². The number of fused-ring (bicyclic) bond motifs is 1. The molecule has 2 fully saturated rings. The van der Waals surface area contributed by atoms with Gasteiger partial charge in [-0.25, -0.2) is 4.98 Å². The molecule has 2 aliphatic carbocycles. The van der Waals surface area contributed by atoms with E-state index in [2.05, 4.69) is 40.5 Å². The second-order valence-corrected chi connectivity index (χ2v) is 9.33. The fourth-order valence-corrected chi connectivity index (χ4v) is 3.66. The molecule has 1 unspecified atom stereocenters. The molecule has 0 aromatic carbocycles. The van der Waals surface area contributed by atoms with Gasteiger partial charge >= 0.3 is 0 Å². The van der Waals surface area contributed by atoms with E-state index >= 15 is 0 Å². The van der Waals surface area contributed by atoms with Crippen LogP contribution in [0.1, 0.15) is 78.3 Å². The zero-order valence-electron chi connectivity index (χ0n) is 21.1. The molecule has 0 radical (unpaired) electrons. The van der Waals surface area contributed by atoms with Crippen molar-refractivity contribution in [3.8, 4) is 0 Å². The van der Waals surface area contributed by atoms with E-state index in [1.165, 1.54) is 18.4 Å². The third kappa shape index (κ3) is 7.66. The number of hydrogen-bond donors (Lipinski definition) is 3. The fraction of sp³-hybridized carbons (Fsp3) is 0.536. The van der Waals surface area contributed by atoms with E-state index in [0.717, 1.165) is 60.1 Å². The van der Waals surface area contributed by atoms with Crippen molar-refractivity contribution >= 4 is 28.1 Å². The van der Waals surface area contributed by atoms with Gasteiger partial charge in [0.25, 0.3) is 0 Å². The van der Waals surface area contributed by atoms with Crippen molar-refractivity contribution in [1.29, 1.82) is 0 Å². The number of unbranched alkanes of at least 4 members (excludes halogenated alkanes) is 1. The number of aliphatic hydroxyl groups excluding tert-OH is 1. The summed E-state index contributed by atoms with van der Waals surface area (Å²) in [6, 6.07) is 4.21. The topological polar surface area (TPSA) is 87.1 Å². The van der Waals surface area contributed by atoms with E-state index in [0.29, 0.717) is 11.9 Å². The first-order chi connectivity index (χ1) is 16.5. The van der Waals surface area contributed by atoms with E-state index in [4.69, 9.17) is 5.11 Å². The van der Waals surface area contributed by atoms with Crippen molar-refractivity contribution in [3.63, 3.8) is 0 Å². The molecule has 2 aromatic heterocycles. The predicted molar refractivity (Wildman–Crippen MR) is 140 cm³/mol. The number of carbonyl (C=O) groups excluding carboxylic acids is 1. The summed E-state index contributed by atoms with van der Waals surface area (Å²) in [4.78, 5) is 20.9. The standard InChI is InChI=1S/C22H26N4O2.C4H8.C2H6/c1-14-8-18(4-2-3-7-27)23-13-19(14)20-9-16-12-25-21(10-17(16)11-24-20)26-22(28)15-5-6-15;1-4-2-3-4;1-2/h8-13,15,18,23,27H,2-7H2,1H3,(H,25,26,28);4H,2-3H2,1H3;1-2H3. The van der Waals surface area contributed by atoms with Gasteiger partial charge in [-0.2, -0.15) is 0 Å². The third-order valence-corrected chi connectivity index (χ3v) is 6.19. The summed E-state index contributed by atoms with van der Waals surface area (Å²) in [6.07, 6.45) is 15.7. The Morgan fingerprint density at radius 1 is 1.09 bits per heavy atom. The van der Waals surface area contributed by atoms with Crippen LogP contribution in [-0.4, -0.2) is 33.6 Å². The number of nitrogens with one attached hydrogen (secondary N) is 2. The molecule has 184 valence electrons. The molecule has 1 aliphatic heterocycles. The quantitative estimate of drug-likeness (QED) is 0.448. The van der Waals surface area contributed by atoms with Crippen LogP contribution in [0.15, 0.2) is 42.4 Å². The lowest BCUT2D eigenvalue weighted by Gasteiger charge is -2.22. The van der Waals surface area contributed by atoms with Gasteiger partial charge in [-0.3, -0.25) is 9.78 Å². The lowest BCUT2D eigenvalue weighted by Crippen LogP contribution is -2.26. The second-order valence-electron chi connectivity index (χ2n) is 9.33. The molecule has 3 N–H and O–H groups in total. The number of dihydropyridines is 1. The van der Waals surface area contributed by atoms with Crippen LogP contribution in [0.5, 0.6) is 0 Å². The van der Waals surface area contributed by atoms with Gasteiger partial charge < -0.3 is 15.7 Å². The van der Waals surface area contributed by atoms with Crippen molar-refractivity contribution in [2.45, 2.75) is 78.7 Å². The number of hydrogen-bond acceptors (Lipinski definition) is 5. The lowest BCUT2D eigenvalue weighted by molar-refractivity contribution is -0.117. The molecule has 3 heterocycles. The van der Waals surface area contributed by atoms with Gasteiger partial charge in [0.15, 0.2) is 0 Å². The molecule has 3 aliphatic rings. The summed E-state index contributed by atoms with van der Waals surface area (Å²) < 4.78 is 0. The summed E-state index contributed by atoms with van der Waals surface area (Å²) >= 11 is 0. The van der Waals surface area contributed by atoms with Crippen molar-refractivity contribution in [2.24, 2.45) is 11.8 Å². The maximum atomic E-state index is 11.9. The zero-order valence-corrected chi connectivity index (χ0v) is 21.1. The molecular formula is C28H40N4O2. The maximum absolute atomic E-state index is 11.9. The Morgan fingerprint density at radius 2 is 1.76 bits per heavy atom. The van der Waals surface area contributed by atoms with Crippen molar-refractivity contribution in [3.05, 3.63) is 48.1 Å². The highest BCUT2D eigenvalue weighted by Gasteiger charge is 2.29. The van der Waals surface area contributed by atoms with Gasteiger partial charge in [0.05, 0.1) is 5.69 Å². The highest BCUT2D eigenvalue weighted by atomic mass is 16.2. The van der Waals surface area contributed by atoms with Crippen LogP contribution in [0.25, 0.3) is 16.3 Å². The Morgan fingerprint density at radius 3 is 2.38 bits per heavy atom. The van der Waals surface area contributed by atoms with Crippen molar-refractivity contribution in [1.82, 2.24) is 15.3 Å². The van der Waals surface area contributed by atoms with Gasteiger partial charge in [0.1, 0.15) is 5.82 Å². The average Bonchev–Trinajstić information content (AvgIpc) is 3.77. The van der Waals surface area contributed by atoms with E-state index in [-0.39, 0.29) is 18.4 Å². The molecule has 6 heteroatoms. The summed E-state index contributed by atoms with van der Waals surface area (Å²) in [5.74, 6) is 1.88. The molecule has 1 amide bonds. The molecule has 0 bridgehead atoms. The number of aliphatic hydroxyl groups is 1. The molecular weight excluding hydrogens is 424 g/mol. The minimum Gasteiger partial charge on any atom is -0.396 e. The lowest BCUT2D eigenvalue weighted by atomic mass is 9.96. The van der Waals surface area contributed by atoms with Gasteiger partial charge in [-0.15, -0.1) is 0 Å². The van der Waals surface area contributed by atoms with E-state index in [1.54, 1.807) is 6.20 Å². The maximum Gasteiger partial charge on any atom is 0.228 e. The minimum atomic E-state index is 0.0594. The Balaban J connectivity index is 0.000000480. The predicted octanol–water partition coefficient (Wildman–Crippen LogP) is 5.84. The molecule has 5 rings (SSSR count). The van der Waals surface area contributed by atoms with Crippen molar-refractivity contribution in [2.75, 3.05) is 11.9 Å². The number of carbonyl (C=O) groups is 1. The second kappa shape index (κ2) is 12.7. The molecule has 0 spiro atoms. The highest BCUT2D eigenvalue weighted by molar-refractivity contribution is 5.95. The zero-order chi connectivity index (χ0) is 24.5. The number of aromatic nitrogens is 2. The van der Waals surface area contributed by atoms with E-state index in [1.807, 2.05) is 38.4 Å². The van der Waals surface area contributed by atoms with Crippen LogP contribution >= 0.6 is 0 Å². The van der Waals surface area contributed by atoms with Crippen LogP contribution in [0.4, 0.5) is 5.82 Å². The monoisotopic (exact) mass is 464 g/mol. The van der Waals surface area contributed by atoms with Crippen LogP contribution in [0.3, 0.4) is 0 Å². The van der Waals surface area contributed by atoms with Gasteiger partial charge in [0, 0.05) is 53.5 Å². The SMILES string of the molecule is CC.CC1=CC(CCCCO)NC=C1c1cc2cnc(NC(=O)C3CC3)cc2cn1.CC1CC1. The number of allylic oxidation sites excluding steroid dienone is 2. The first-order valence-corrected chi connectivity index (χ1v) is 12.9. The number of pyridine rings is 2. The van der Waals surface area contributed by atoms with Crippen LogP contribution < -0.4 is 10.6 Å². The Labute approximate surface area is 204 Å². The van der Waals surface area contributed by atoms with Crippen LogP contribution in [-0.2, 0) is 4.79 Å². The summed E-state index contributed by atoms with van der Waals surface area (Å²) in [7, 11) is 0. The largest absolute Gasteiger partial charge is 0.396 e. The highest BCUT2D eigenvalue weighted by Crippen LogP contribution is 2.31. The number of anilines is 1. The molecule has 2 aromatic rings. The molecule has 1 atom stereocenters. The molecule has 6 nitrogen and oxygen atoms in total. The molecule has 34 heavy (non-hydrogen) atoms. The van der Waals surface area contributed by atoms with Gasteiger partial charge in [-0.1, -0.05) is 39.7 Å². The normalized spacial score (nSPS) is 18.9. The smallest absolute Gasteiger partial charge is 0.228 e. The Bertz CT molecular complexity index is 1020. The first kappa shape index (κ1) is 25.9. The van der Waals surface area contributed by atoms with Crippen LogP contribution in [0.2, 0.25) is 0 Å². The molecule has 2 saturated carbocycles. The van der Waals surface area contributed by atoms with E-state index < -0.39 is 0 Å². The van der Waals surface area contributed by atoms with Gasteiger partial charge in [-0.05, 0) is 62.7 Å². The number of nitrogens with zero attached hydrogens (tertiary/aromatic N) is 2. The van der Waals surface area contributed by atoms with Crippen molar-refractivity contribution < 1.29 is 9.90 Å².